The number of nitro benzene ring substituents is 1. The minimum Gasteiger partial charge on any atom is -0.455 e. The summed E-state index contributed by atoms with van der Waals surface area (Å²) in [6.07, 6.45) is 3.77. The number of aromatic nitrogens is 1. The molecule has 0 bridgehead atoms. The van der Waals surface area contributed by atoms with E-state index in [4.69, 9.17) is 4.42 Å². The summed E-state index contributed by atoms with van der Waals surface area (Å²) in [5.41, 5.74) is 6.18. The Morgan fingerprint density at radius 2 is 1.91 bits per heavy atom. The monoisotopic (exact) mass is 461 g/mol. The minimum atomic E-state index is -0.491. The predicted molar refractivity (Wildman–Crippen MR) is 125 cm³/mol. The Morgan fingerprint density at radius 1 is 1.15 bits per heavy atom. The number of nitrogens with zero attached hydrogens (tertiary/aromatic N) is 3. The molecule has 2 aromatic heterocycles. The molecule has 4 rings (SSSR count). The van der Waals surface area contributed by atoms with Crippen LogP contribution in [-0.2, 0) is 17.6 Å². The Morgan fingerprint density at radius 3 is 2.59 bits per heavy atom. The fourth-order valence-electron chi connectivity index (χ4n) is 3.80. The second kappa shape index (κ2) is 9.65. The van der Waals surface area contributed by atoms with Gasteiger partial charge in [0.05, 0.1) is 17.1 Å². The topological polar surface area (TPSA) is 140 Å². The Hall–Kier alpha value is -4.34. The largest absolute Gasteiger partial charge is 0.455 e. The molecule has 0 aliphatic heterocycles. The van der Waals surface area contributed by atoms with Crippen molar-refractivity contribution in [1.29, 1.82) is 0 Å². The van der Waals surface area contributed by atoms with Gasteiger partial charge in [-0.05, 0) is 43.9 Å². The summed E-state index contributed by atoms with van der Waals surface area (Å²) in [4.78, 5) is 39.6. The molecule has 3 aromatic rings. The molecule has 1 aliphatic carbocycles. The molecule has 1 aliphatic rings. The number of carbonyl (C=O) groups is 2. The van der Waals surface area contributed by atoms with Crippen molar-refractivity contribution in [3.05, 3.63) is 86.5 Å². The average Bonchev–Trinajstić information content (AvgIpc) is 3.17. The third-order valence-corrected chi connectivity index (χ3v) is 5.51. The molecule has 1 aromatic carbocycles. The van der Waals surface area contributed by atoms with Crippen molar-refractivity contribution in [2.75, 3.05) is 5.32 Å². The van der Waals surface area contributed by atoms with Gasteiger partial charge >= 0.3 is 0 Å². The molecule has 0 spiro atoms. The van der Waals surface area contributed by atoms with Crippen LogP contribution in [0.5, 0.6) is 0 Å². The van der Waals surface area contributed by atoms with Crippen LogP contribution < -0.4 is 10.7 Å². The summed E-state index contributed by atoms with van der Waals surface area (Å²) in [5, 5.41) is 17.8. The number of anilines is 1. The number of amides is 2. The van der Waals surface area contributed by atoms with Crippen LogP contribution in [0.25, 0.3) is 0 Å². The number of benzene rings is 1. The van der Waals surface area contributed by atoms with Crippen LogP contribution in [0.3, 0.4) is 0 Å². The van der Waals surface area contributed by atoms with Gasteiger partial charge in [-0.2, -0.15) is 5.10 Å². The number of carbonyl (C=O) groups excluding carboxylic acids is 2. The minimum absolute atomic E-state index is 0.0310. The Balaban J connectivity index is 1.47. The van der Waals surface area contributed by atoms with Gasteiger partial charge in [0.25, 0.3) is 11.6 Å². The fourth-order valence-corrected chi connectivity index (χ4v) is 3.80. The number of hydrogen-bond donors (Lipinski definition) is 2. The molecule has 2 heterocycles. The summed E-state index contributed by atoms with van der Waals surface area (Å²) in [5.74, 6) is 0.535. The quantitative estimate of drug-likeness (QED) is 0.422. The maximum Gasteiger partial charge on any atom is 0.292 e. The number of pyridine rings is 1. The zero-order chi connectivity index (χ0) is 24.2. The van der Waals surface area contributed by atoms with Crippen molar-refractivity contribution in [2.45, 2.75) is 39.5 Å². The Kier molecular flexibility index (Phi) is 6.48. The summed E-state index contributed by atoms with van der Waals surface area (Å²) in [6.45, 7) is 3.70. The first-order valence-electron chi connectivity index (χ1n) is 10.8. The molecule has 10 heteroatoms. The van der Waals surface area contributed by atoms with Gasteiger partial charge in [-0.1, -0.05) is 18.2 Å². The third kappa shape index (κ3) is 5.01. The van der Waals surface area contributed by atoms with E-state index >= 15 is 0 Å². The lowest BCUT2D eigenvalue weighted by atomic mass is 9.93. The van der Waals surface area contributed by atoms with Gasteiger partial charge in [-0.3, -0.25) is 19.7 Å². The number of rotatable bonds is 6. The molecule has 0 radical (unpaired) electrons. The predicted octanol–water partition coefficient (Wildman–Crippen LogP) is 3.85. The maximum absolute atomic E-state index is 12.8. The van der Waals surface area contributed by atoms with Crippen molar-refractivity contribution in [2.24, 2.45) is 5.10 Å². The molecule has 2 amide bonds. The van der Waals surface area contributed by atoms with E-state index < -0.39 is 10.8 Å². The van der Waals surface area contributed by atoms with Crippen LogP contribution in [0.15, 0.2) is 52.1 Å². The highest BCUT2D eigenvalue weighted by molar-refractivity contribution is 6.09. The second-order valence-electron chi connectivity index (χ2n) is 8.08. The number of aryl methyl sites for hydroxylation is 2. The first-order valence-corrected chi connectivity index (χ1v) is 10.8. The number of nitro groups is 1. The van der Waals surface area contributed by atoms with Gasteiger partial charge in [0.1, 0.15) is 11.6 Å². The summed E-state index contributed by atoms with van der Waals surface area (Å²) in [7, 11) is 0. The number of hydrogen-bond acceptors (Lipinski definition) is 7. The normalized spacial score (nSPS) is 13.9. The van der Waals surface area contributed by atoms with Crippen molar-refractivity contribution in [3.8, 4) is 0 Å². The van der Waals surface area contributed by atoms with E-state index in [-0.39, 0.29) is 23.8 Å². The number of hydrazone groups is 1. The summed E-state index contributed by atoms with van der Waals surface area (Å²) >= 11 is 0. The van der Waals surface area contributed by atoms with Gasteiger partial charge in [-0.15, -0.1) is 0 Å². The van der Waals surface area contributed by atoms with E-state index in [9.17, 15) is 19.7 Å². The van der Waals surface area contributed by atoms with Crippen molar-refractivity contribution in [1.82, 2.24) is 10.4 Å². The first-order chi connectivity index (χ1) is 16.3. The summed E-state index contributed by atoms with van der Waals surface area (Å²) < 4.78 is 5.87. The van der Waals surface area contributed by atoms with Crippen molar-refractivity contribution < 1.29 is 18.9 Å². The Labute approximate surface area is 195 Å². The molecule has 0 fully saturated rings. The molecule has 10 nitrogen and oxygen atoms in total. The standard InChI is InChI=1S/C24H23N5O5/c1-14-6-11-20(25-13-14)26-24(31)23-15(2)22-18(4-3-5-19(22)34-23)27-28-21(30)12-16-7-9-17(10-8-16)29(32)33/h6-11,13H,3-5,12H2,1-2H3,(H,28,30)(H,25,26,31)/b27-18+. The number of nitrogens with one attached hydrogen (secondary N) is 2. The van der Waals surface area contributed by atoms with E-state index in [1.165, 1.54) is 24.3 Å². The molecular formula is C24H23N5O5. The van der Waals surface area contributed by atoms with E-state index in [1.807, 2.05) is 13.0 Å². The highest BCUT2D eigenvalue weighted by Crippen LogP contribution is 2.30. The van der Waals surface area contributed by atoms with Gasteiger partial charge in [-0.25, -0.2) is 10.4 Å². The summed E-state index contributed by atoms with van der Waals surface area (Å²) in [6, 6.07) is 9.37. The van der Waals surface area contributed by atoms with Crippen molar-refractivity contribution in [3.63, 3.8) is 0 Å². The van der Waals surface area contributed by atoms with Crippen molar-refractivity contribution >= 4 is 29.0 Å². The smallest absolute Gasteiger partial charge is 0.292 e. The Bertz CT molecular complexity index is 1280. The van der Waals surface area contributed by atoms with Crippen LogP contribution in [0.1, 0.15) is 51.4 Å². The van der Waals surface area contributed by atoms with Gasteiger partial charge in [0.15, 0.2) is 5.76 Å². The number of furan rings is 1. The van der Waals surface area contributed by atoms with Gasteiger partial charge in [0, 0.05) is 35.9 Å². The van der Waals surface area contributed by atoms with Crippen LogP contribution in [-0.4, -0.2) is 27.4 Å². The number of fused-ring (bicyclic) bond motifs is 1. The molecule has 174 valence electrons. The maximum atomic E-state index is 12.8. The van der Waals surface area contributed by atoms with Crippen LogP contribution >= 0.6 is 0 Å². The molecule has 2 N–H and O–H groups in total. The lowest BCUT2D eigenvalue weighted by Crippen LogP contribution is -2.23. The molecular weight excluding hydrogens is 438 g/mol. The van der Waals surface area contributed by atoms with Crippen LogP contribution in [0.4, 0.5) is 11.5 Å². The zero-order valence-electron chi connectivity index (χ0n) is 18.8. The number of non-ortho nitro benzene ring substituents is 1. The van der Waals surface area contributed by atoms with E-state index in [1.54, 1.807) is 19.2 Å². The molecule has 0 unspecified atom stereocenters. The van der Waals surface area contributed by atoms with Gasteiger partial charge in [0.2, 0.25) is 5.91 Å². The lowest BCUT2D eigenvalue weighted by Gasteiger charge is -2.13. The van der Waals surface area contributed by atoms with E-state index in [0.29, 0.717) is 41.3 Å². The molecule has 34 heavy (non-hydrogen) atoms. The fraction of sp³-hybridized carbons (Fsp3) is 0.250. The highest BCUT2D eigenvalue weighted by atomic mass is 16.6. The second-order valence-corrected chi connectivity index (χ2v) is 8.08. The third-order valence-electron chi connectivity index (χ3n) is 5.51. The molecule has 0 saturated carbocycles. The van der Waals surface area contributed by atoms with Gasteiger partial charge < -0.3 is 9.73 Å². The van der Waals surface area contributed by atoms with Crippen LogP contribution in [0.2, 0.25) is 0 Å². The van der Waals surface area contributed by atoms with E-state index in [2.05, 4.69) is 20.8 Å². The molecule has 0 atom stereocenters. The highest BCUT2D eigenvalue weighted by Gasteiger charge is 2.28. The van der Waals surface area contributed by atoms with E-state index in [0.717, 1.165) is 17.5 Å². The van der Waals surface area contributed by atoms with Crippen LogP contribution in [0, 0.1) is 24.0 Å². The molecule has 0 saturated heterocycles. The average molecular weight is 461 g/mol. The zero-order valence-corrected chi connectivity index (χ0v) is 18.8. The first kappa shape index (κ1) is 22.8. The lowest BCUT2D eigenvalue weighted by molar-refractivity contribution is -0.384. The SMILES string of the molecule is Cc1ccc(NC(=O)c2oc3c(c2C)/C(=N/NC(=O)Cc2ccc([N+](=O)[O-])cc2)CCC3)nc1.